The van der Waals surface area contributed by atoms with Crippen molar-refractivity contribution in [2.45, 2.75) is 6.92 Å². The zero-order valence-electron chi connectivity index (χ0n) is 5.22. The normalized spacial score (nSPS) is 22.0. The first kappa shape index (κ1) is 6.09. The van der Waals surface area contributed by atoms with Crippen molar-refractivity contribution in [2.75, 3.05) is 13.1 Å². The van der Waals surface area contributed by atoms with Crippen LogP contribution < -0.4 is 0 Å². The van der Waals surface area contributed by atoms with Gasteiger partial charge < -0.3 is 4.90 Å². The SMILES string of the molecule is CC1(C#N)CN([C]=O)C1. The molecule has 1 radical (unpaired) electrons. The monoisotopic (exact) mass is 123 g/mol. The van der Waals surface area contributed by atoms with Crippen LogP contribution in [0.3, 0.4) is 0 Å². The highest BCUT2D eigenvalue weighted by atomic mass is 16.1. The molecule has 1 rings (SSSR count). The maximum atomic E-state index is 9.88. The summed E-state index contributed by atoms with van der Waals surface area (Å²) in [6.07, 6.45) is 1.72. The van der Waals surface area contributed by atoms with E-state index in [-0.39, 0.29) is 5.41 Å². The lowest BCUT2D eigenvalue weighted by atomic mass is 9.84. The van der Waals surface area contributed by atoms with Gasteiger partial charge in [-0.3, -0.25) is 4.79 Å². The number of nitrogens with zero attached hydrogens (tertiary/aromatic N) is 2. The lowest BCUT2D eigenvalue weighted by molar-refractivity contribution is 0.132. The van der Waals surface area contributed by atoms with Crippen molar-refractivity contribution < 1.29 is 4.79 Å². The topological polar surface area (TPSA) is 44.1 Å². The molecule has 1 amide bonds. The second-order valence-corrected chi connectivity index (χ2v) is 2.62. The summed E-state index contributed by atoms with van der Waals surface area (Å²) in [5.41, 5.74) is -0.294. The highest BCUT2D eigenvalue weighted by molar-refractivity contribution is 5.51. The first-order valence-electron chi connectivity index (χ1n) is 2.74. The molecule has 0 aliphatic carbocycles. The molecule has 3 nitrogen and oxygen atoms in total. The highest BCUT2D eigenvalue weighted by Gasteiger charge is 2.38. The molecule has 47 valence electrons. The number of nitriles is 1. The molecule has 1 fully saturated rings. The Balaban J connectivity index is 2.43. The Labute approximate surface area is 53.9 Å². The number of hydrogen-bond acceptors (Lipinski definition) is 2. The zero-order chi connectivity index (χ0) is 6.91. The average molecular weight is 123 g/mol. The molecule has 0 saturated carbocycles. The molecule has 9 heavy (non-hydrogen) atoms. The Morgan fingerprint density at radius 1 is 1.67 bits per heavy atom. The van der Waals surface area contributed by atoms with E-state index in [0.29, 0.717) is 13.1 Å². The van der Waals surface area contributed by atoms with Gasteiger partial charge in [-0.2, -0.15) is 5.26 Å². The molecule has 0 N–H and O–H groups in total. The summed E-state index contributed by atoms with van der Waals surface area (Å²) in [5.74, 6) is 0. The van der Waals surface area contributed by atoms with Gasteiger partial charge in [0.25, 0.3) is 0 Å². The molecule has 1 saturated heterocycles. The first-order valence-corrected chi connectivity index (χ1v) is 2.74. The molecule has 1 aliphatic rings. The number of rotatable bonds is 1. The summed E-state index contributed by atoms with van der Waals surface area (Å²) < 4.78 is 0. The Bertz CT molecular complexity index is 164. The van der Waals surface area contributed by atoms with E-state index in [1.165, 1.54) is 4.90 Å². The Morgan fingerprint density at radius 2 is 2.22 bits per heavy atom. The maximum Gasteiger partial charge on any atom is 0.312 e. The molecule has 0 aromatic carbocycles. The zero-order valence-corrected chi connectivity index (χ0v) is 5.22. The number of hydrogen-bond donors (Lipinski definition) is 0. The van der Waals surface area contributed by atoms with Gasteiger partial charge in [-0.15, -0.1) is 0 Å². The lowest BCUT2D eigenvalue weighted by Gasteiger charge is -2.39. The van der Waals surface area contributed by atoms with E-state index in [1.54, 1.807) is 6.41 Å². The van der Waals surface area contributed by atoms with Crippen LogP contribution in [-0.2, 0) is 4.79 Å². The fourth-order valence-corrected chi connectivity index (χ4v) is 0.931. The van der Waals surface area contributed by atoms with Crippen molar-refractivity contribution in [2.24, 2.45) is 5.41 Å². The van der Waals surface area contributed by atoms with Gasteiger partial charge in [0.2, 0.25) is 0 Å². The van der Waals surface area contributed by atoms with E-state index >= 15 is 0 Å². The third kappa shape index (κ3) is 0.879. The van der Waals surface area contributed by atoms with E-state index in [2.05, 4.69) is 6.07 Å². The Kier molecular flexibility index (Phi) is 1.17. The van der Waals surface area contributed by atoms with Gasteiger partial charge in [0, 0.05) is 13.1 Å². The van der Waals surface area contributed by atoms with Gasteiger partial charge >= 0.3 is 6.41 Å². The molecule has 1 heterocycles. The van der Waals surface area contributed by atoms with Gasteiger partial charge in [0.05, 0.1) is 11.5 Å². The van der Waals surface area contributed by atoms with Crippen LogP contribution in [0.25, 0.3) is 0 Å². The second-order valence-electron chi connectivity index (χ2n) is 2.62. The minimum atomic E-state index is -0.294. The van der Waals surface area contributed by atoms with Crippen molar-refractivity contribution in [1.29, 1.82) is 5.26 Å². The van der Waals surface area contributed by atoms with Crippen molar-refractivity contribution in [3.8, 4) is 6.07 Å². The van der Waals surface area contributed by atoms with Crippen molar-refractivity contribution >= 4 is 6.41 Å². The quantitative estimate of drug-likeness (QED) is 0.488. The van der Waals surface area contributed by atoms with Crippen LogP contribution in [0.4, 0.5) is 0 Å². The molecule has 0 aromatic heterocycles. The van der Waals surface area contributed by atoms with Crippen LogP contribution in [0, 0.1) is 16.7 Å². The van der Waals surface area contributed by atoms with Gasteiger partial charge in [0.1, 0.15) is 0 Å². The maximum absolute atomic E-state index is 9.88. The third-order valence-electron chi connectivity index (χ3n) is 1.48. The average Bonchev–Trinajstić information content (AvgIpc) is 1.81. The van der Waals surface area contributed by atoms with E-state index in [1.807, 2.05) is 6.92 Å². The van der Waals surface area contributed by atoms with Gasteiger partial charge in [0.15, 0.2) is 0 Å². The van der Waals surface area contributed by atoms with Crippen molar-refractivity contribution in [1.82, 2.24) is 4.90 Å². The highest BCUT2D eigenvalue weighted by Crippen LogP contribution is 2.26. The fraction of sp³-hybridized carbons (Fsp3) is 0.667. The Morgan fingerprint density at radius 3 is 2.56 bits per heavy atom. The molecule has 3 heteroatoms. The number of likely N-dealkylation sites (tertiary alicyclic amines) is 1. The molecule has 0 spiro atoms. The minimum Gasteiger partial charge on any atom is -0.331 e. The summed E-state index contributed by atoms with van der Waals surface area (Å²) in [6, 6.07) is 2.12. The summed E-state index contributed by atoms with van der Waals surface area (Å²) >= 11 is 0. The predicted molar refractivity (Wildman–Crippen MR) is 31.0 cm³/mol. The molecule has 1 aliphatic heterocycles. The van der Waals surface area contributed by atoms with Crippen LogP contribution in [0.15, 0.2) is 0 Å². The molecule has 0 atom stereocenters. The van der Waals surface area contributed by atoms with Crippen LogP contribution in [0.5, 0.6) is 0 Å². The summed E-state index contributed by atoms with van der Waals surface area (Å²) in [6.45, 7) is 2.90. The largest absolute Gasteiger partial charge is 0.331 e. The summed E-state index contributed by atoms with van der Waals surface area (Å²) in [4.78, 5) is 11.3. The van der Waals surface area contributed by atoms with E-state index in [4.69, 9.17) is 5.26 Å². The van der Waals surface area contributed by atoms with Crippen LogP contribution >= 0.6 is 0 Å². The van der Waals surface area contributed by atoms with Crippen LogP contribution in [-0.4, -0.2) is 24.4 Å². The van der Waals surface area contributed by atoms with E-state index in [9.17, 15) is 4.79 Å². The van der Waals surface area contributed by atoms with Crippen molar-refractivity contribution in [3.05, 3.63) is 0 Å². The molecular weight excluding hydrogens is 116 g/mol. The standard InChI is InChI=1S/C6H7N2O/c1-6(2-7)3-8(4-6)5-9/h3-4H2,1H3. The number of carbonyl (C=O) groups excluding carboxylic acids is 1. The van der Waals surface area contributed by atoms with E-state index in [0.717, 1.165) is 0 Å². The van der Waals surface area contributed by atoms with Crippen molar-refractivity contribution in [3.63, 3.8) is 0 Å². The first-order chi connectivity index (χ1) is 4.20. The molecular formula is C6H7N2O. The van der Waals surface area contributed by atoms with Gasteiger partial charge in [-0.1, -0.05) is 0 Å². The van der Waals surface area contributed by atoms with E-state index < -0.39 is 0 Å². The molecule has 0 bridgehead atoms. The van der Waals surface area contributed by atoms with Crippen LogP contribution in [0.2, 0.25) is 0 Å². The van der Waals surface area contributed by atoms with Gasteiger partial charge in [-0.05, 0) is 6.92 Å². The van der Waals surface area contributed by atoms with Gasteiger partial charge in [-0.25, -0.2) is 0 Å². The summed E-state index contributed by atoms with van der Waals surface area (Å²) in [5, 5.41) is 8.45. The summed E-state index contributed by atoms with van der Waals surface area (Å²) in [7, 11) is 0. The molecule has 0 unspecified atom stereocenters. The minimum absolute atomic E-state index is 0.294. The predicted octanol–water partition coefficient (Wildman–Crippen LogP) is -0.101. The molecule has 0 aromatic rings. The van der Waals surface area contributed by atoms with Crippen LogP contribution in [0.1, 0.15) is 6.92 Å². The third-order valence-corrected chi connectivity index (χ3v) is 1.48. The second kappa shape index (κ2) is 1.73. The fourth-order valence-electron chi connectivity index (χ4n) is 0.931. The Hall–Kier alpha value is -1.04. The lowest BCUT2D eigenvalue weighted by Crippen LogP contribution is -2.52. The smallest absolute Gasteiger partial charge is 0.312 e. The number of amides is 1.